The molecule has 3 aromatic carbocycles. The normalized spacial score (nSPS) is 15.0. The molecule has 174 valence electrons. The molecule has 0 aliphatic carbocycles. The Hall–Kier alpha value is -3.82. The summed E-state index contributed by atoms with van der Waals surface area (Å²) < 4.78 is 0. The molecule has 0 bridgehead atoms. The number of anilines is 2. The SMILES string of the molecule is CCNc1ccc(N/C(=N/C#N)N2CCC(C(O)(c3ccccc3)c3ccccc3)CC2)cc1. The van der Waals surface area contributed by atoms with Gasteiger partial charge in [-0.1, -0.05) is 60.7 Å². The van der Waals surface area contributed by atoms with Gasteiger partial charge in [-0.2, -0.15) is 5.26 Å². The maximum absolute atomic E-state index is 12.1. The molecule has 1 saturated heterocycles. The first-order valence-corrected chi connectivity index (χ1v) is 11.8. The van der Waals surface area contributed by atoms with E-state index in [1.165, 1.54) is 0 Å². The van der Waals surface area contributed by atoms with E-state index in [-0.39, 0.29) is 5.92 Å². The molecule has 1 aliphatic rings. The molecule has 3 aromatic rings. The topological polar surface area (TPSA) is 83.7 Å². The van der Waals surface area contributed by atoms with Gasteiger partial charge < -0.3 is 20.6 Å². The molecule has 0 radical (unpaired) electrons. The lowest BCUT2D eigenvalue weighted by molar-refractivity contribution is -0.00653. The molecule has 4 rings (SSSR count). The number of benzene rings is 3. The highest BCUT2D eigenvalue weighted by atomic mass is 16.3. The monoisotopic (exact) mass is 453 g/mol. The van der Waals surface area contributed by atoms with Crippen molar-refractivity contribution < 1.29 is 5.11 Å². The number of aliphatic hydroxyl groups is 1. The fourth-order valence-electron chi connectivity index (χ4n) is 4.76. The fourth-order valence-corrected chi connectivity index (χ4v) is 4.76. The summed E-state index contributed by atoms with van der Waals surface area (Å²) in [4.78, 5) is 6.16. The molecule has 1 fully saturated rings. The van der Waals surface area contributed by atoms with Gasteiger partial charge in [0.1, 0.15) is 5.60 Å². The number of likely N-dealkylation sites (tertiary alicyclic amines) is 1. The van der Waals surface area contributed by atoms with Gasteiger partial charge in [-0.3, -0.25) is 0 Å². The molecule has 6 heteroatoms. The lowest BCUT2D eigenvalue weighted by atomic mass is 9.72. The van der Waals surface area contributed by atoms with Crippen molar-refractivity contribution in [2.75, 3.05) is 30.3 Å². The van der Waals surface area contributed by atoms with Crippen LogP contribution in [0.4, 0.5) is 11.4 Å². The highest BCUT2D eigenvalue weighted by Gasteiger charge is 2.41. The van der Waals surface area contributed by atoms with E-state index >= 15 is 0 Å². The van der Waals surface area contributed by atoms with E-state index in [2.05, 4.69) is 27.4 Å². The second kappa shape index (κ2) is 10.9. The van der Waals surface area contributed by atoms with E-state index in [1.54, 1.807) is 0 Å². The number of guanidine groups is 1. The number of hydrogen-bond acceptors (Lipinski definition) is 4. The van der Waals surface area contributed by atoms with Crippen molar-refractivity contribution in [2.45, 2.75) is 25.4 Å². The molecule has 0 unspecified atom stereocenters. The number of nitrogens with zero attached hydrogens (tertiary/aromatic N) is 3. The molecular formula is C28H31N5O. The standard InChI is InChI=1S/C28H31N5O/c1-2-30-25-13-15-26(16-14-25)32-27(31-21-29)33-19-17-24(18-20-33)28(34,22-9-5-3-6-10-22)23-11-7-4-8-12-23/h3-16,24,30,34H,2,17-20H2,1H3,(H,31,32). The zero-order chi connectivity index (χ0) is 23.8. The average Bonchev–Trinajstić information content (AvgIpc) is 2.90. The van der Waals surface area contributed by atoms with E-state index in [0.717, 1.165) is 41.9 Å². The minimum atomic E-state index is -1.07. The summed E-state index contributed by atoms with van der Waals surface area (Å²) in [6.45, 7) is 4.30. The summed E-state index contributed by atoms with van der Waals surface area (Å²) in [5, 5.41) is 28.0. The maximum Gasteiger partial charge on any atom is 0.214 e. The first-order valence-electron chi connectivity index (χ1n) is 11.8. The van der Waals surface area contributed by atoms with Crippen LogP contribution in [-0.4, -0.2) is 35.6 Å². The van der Waals surface area contributed by atoms with Gasteiger partial charge in [0.15, 0.2) is 0 Å². The lowest BCUT2D eigenvalue weighted by Crippen LogP contribution is -2.47. The van der Waals surface area contributed by atoms with Gasteiger partial charge in [-0.05, 0) is 61.1 Å². The van der Waals surface area contributed by atoms with Crippen LogP contribution in [0.25, 0.3) is 0 Å². The predicted octanol–water partition coefficient (Wildman–Crippen LogP) is 5.02. The van der Waals surface area contributed by atoms with Crippen LogP contribution in [0.3, 0.4) is 0 Å². The first-order chi connectivity index (χ1) is 16.6. The van der Waals surface area contributed by atoms with Crippen molar-refractivity contribution in [1.29, 1.82) is 5.26 Å². The van der Waals surface area contributed by atoms with Crippen LogP contribution < -0.4 is 10.6 Å². The Morgan fingerprint density at radius 1 is 0.941 bits per heavy atom. The molecule has 6 nitrogen and oxygen atoms in total. The second-order valence-corrected chi connectivity index (χ2v) is 8.53. The van der Waals surface area contributed by atoms with E-state index < -0.39 is 5.60 Å². The average molecular weight is 454 g/mol. The highest BCUT2D eigenvalue weighted by Crippen LogP contribution is 2.42. The second-order valence-electron chi connectivity index (χ2n) is 8.53. The van der Waals surface area contributed by atoms with Gasteiger partial charge in [0.05, 0.1) is 0 Å². The van der Waals surface area contributed by atoms with E-state index in [1.807, 2.05) is 91.1 Å². The lowest BCUT2D eigenvalue weighted by Gasteiger charge is -2.43. The van der Waals surface area contributed by atoms with Crippen molar-refractivity contribution in [2.24, 2.45) is 10.9 Å². The highest BCUT2D eigenvalue weighted by molar-refractivity contribution is 5.94. The Morgan fingerprint density at radius 3 is 1.97 bits per heavy atom. The molecule has 0 amide bonds. The summed E-state index contributed by atoms with van der Waals surface area (Å²) in [6, 6.07) is 27.8. The third-order valence-corrected chi connectivity index (χ3v) is 6.49. The number of nitrogens with one attached hydrogen (secondary N) is 2. The van der Waals surface area contributed by atoms with E-state index in [9.17, 15) is 10.4 Å². The van der Waals surface area contributed by atoms with Crippen LogP contribution in [0.5, 0.6) is 0 Å². The molecule has 0 saturated carbocycles. The maximum atomic E-state index is 12.1. The van der Waals surface area contributed by atoms with Crippen molar-refractivity contribution >= 4 is 17.3 Å². The van der Waals surface area contributed by atoms with Gasteiger partial charge in [0.2, 0.25) is 12.2 Å². The van der Waals surface area contributed by atoms with Crippen LogP contribution in [0, 0.1) is 17.4 Å². The number of hydrogen-bond donors (Lipinski definition) is 3. The third kappa shape index (κ3) is 5.05. The van der Waals surface area contributed by atoms with Crippen LogP contribution >= 0.6 is 0 Å². The van der Waals surface area contributed by atoms with Gasteiger partial charge in [-0.25, -0.2) is 0 Å². The van der Waals surface area contributed by atoms with Crippen molar-refractivity contribution in [3.05, 3.63) is 96.1 Å². The Morgan fingerprint density at radius 2 is 1.47 bits per heavy atom. The minimum Gasteiger partial charge on any atom is -0.385 e. The Kier molecular flexibility index (Phi) is 7.46. The van der Waals surface area contributed by atoms with Crippen LogP contribution in [0.2, 0.25) is 0 Å². The number of piperidine rings is 1. The van der Waals surface area contributed by atoms with Gasteiger partial charge in [0, 0.05) is 31.0 Å². The fraction of sp³-hybridized carbons (Fsp3) is 0.286. The van der Waals surface area contributed by atoms with E-state index in [4.69, 9.17) is 0 Å². The molecule has 0 atom stereocenters. The predicted molar refractivity (Wildman–Crippen MR) is 137 cm³/mol. The summed E-state index contributed by atoms with van der Waals surface area (Å²) in [7, 11) is 0. The van der Waals surface area contributed by atoms with Crippen LogP contribution in [0.15, 0.2) is 89.9 Å². The smallest absolute Gasteiger partial charge is 0.214 e. The summed E-state index contributed by atoms with van der Waals surface area (Å²) in [5.41, 5.74) is 2.67. The molecule has 0 spiro atoms. The quantitative estimate of drug-likeness (QED) is 0.277. The molecule has 1 heterocycles. The van der Waals surface area contributed by atoms with Crippen molar-refractivity contribution in [3.63, 3.8) is 0 Å². The van der Waals surface area contributed by atoms with Gasteiger partial charge >= 0.3 is 0 Å². The Bertz CT molecular complexity index is 1080. The number of rotatable bonds is 6. The van der Waals surface area contributed by atoms with Crippen LogP contribution in [0.1, 0.15) is 30.9 Å². The largest absolute Gasteiger partial charge is 0.385 e. The summed E-state index contributed by atoms with van der Waals surface area (Å²) >= 11 is 0. The first kappa shape index (κ1) is 23.3. The van der Waals surface area contributed by atoms with Crippen molar-refractivity contribution in [1.82, 2.24) is 4.90 Å². The van der Waals surface area contributed by atoms with Gasteiger partial charge in [-0.15, -0.1) is 4.99 Å². The molecular weight excluding hydrogens is 422 g/mol. The molecule has 0 aromatic heterocycles. The Labute approximate surface area is 201 Å². The molecule has 34 heavy (non-hydrogen) atoms. The van der Waals surface area contributed by atoms with Gasteiger partial charge in [0.25, 0.3) is 0 Å². The van der Waals surface area contributed by atoms with Crippen LogP contribution in [-0.2, 0) is 5.60 Å². The number of aliphatic imine (C=N–C) groups is 1. The molecule has 1 aliphatic heterocycles. The summed E-state index contributed by atoms with van der Waals surface area (Å²) in [6.07, 6.45) is 3.47. The van der Waals surface area contributed by atoms with E-state index in [0.29, 0.717) is 19.0 Å². The summed E-state index contributed by atoms with van der Waals surface area (Å²) in [5.74, 6) is 0.580. The minimum absolute atomic E-state index is 0.0382. The zero-order valence-electron chi connectivity index (χ0n) is 19.5. The number of nitriles is 1. The van der Waals surface area contributed by atoms with Crippen molar-refractivity contribution in [3.8, 4) is 6.19 Å². The molecule has 3 N–H and O–H groups in total. The third-order valence-electron chi connectivity index (χ3n) is 6.49. The Balaban J connectivity index is 1.51. The zero-order valence-corrected chi connectivity index (χ0v) is 19.5.